The van der Waals surface area contributed by atoms with Crippen LogP contribution in [0.1, 0.15) is 22.3 Å². The predicted molar refractivity (Wildman–Crippen MR) is 80.3 cm³/mol. The second kappa shape index (κ2) is 7.09. The molecule has 0 aromatic heterocycles. The fraction of sp³-hybridized carbons (Fsp3) is 0.125. The van der Waals surface area contributed by atoms with Crippen LogP contribution < -0.4 is 5.43 Å². The van der Waals surface area contributed by atoms with Crippen LogP contribution in [0.3, 0.4) is 0 Å². The third-order valence-corrected chi connectivity index (χ3v) is 2.82. The molecular weight excluding hydrogens is 252 g/mol. The zero-order chi connectivity index (χ0) is 14.2. The van der Waals surface area contributed by atoms with Crippen molar-refractivity contribution in [1.29, 1.82) is 0 Å². The van der Waals surface area contributed by atoms with Gasteiger partial charge >= 0.3 is 5.97 Å². The molecule has 102 valence electrons. The van der Waals surface area contributed by atoms with Crippen molar-refractivity contribution in [3.63, 3.8) is 0 Å². The molecule has 0 amide bonds. The molecule has 0 aliphatic heterocycles. The SMILES string of the molecule is O=C(O)c1ccc(NN=CCCc2ccccc2)cc1. The molecule has 20 heavy (non-hydrogen) atoms. The highest BCUT2D eigenvalue weighted by molar-refractivity contribution is 5.88. The topological polar surface area (TPSA) is 61.7 Å². The summed E-state index contributed by atoms with van der Waals surface area (Å²) >= 11 is 0. The van der Waals surface area contributed by atoms with Crippen LogP contribution in [0.25, 0.3) is 0 Å². The maximum Gasteiger partial charge on any atom is 0.335 e. The smallest absolute Gasteiger partial charge is 0.335 e. The van der Waals surface area contributed by atoms with E-state index < -0.39 is 5.97 Å². The summed E-state index contributed by atoms with van der Waals surface area (Å²) < 4.78 is 0. The Bertz CT molecular complexity index is 577. The fourth-order valence-electron chi connectivity index (χ4n) is 1.75. The third kappa shape index (κ3) is 4.24. The number of carboxylic acid groups (broad SMARTS) is 1. The summed E-state index contributed by atoms with van der Waals surface area (Å²) in [6.07, 6.45) is 3.62. The molecule has 0 bridgehead atoms. The van der Waals surface area contributed by atoms with Crippen LogP contribution in [0, 0.1) is 0 Å². The second-order valence-corrected chi connectivity index (χ2v) is 4.33. The maximum atomic E-state index is 10.7. The third-order valence-electron chi connectivity index (χ3n) is 2.82. The molecule has 0 saturated carbocycles. The van der Waals surface area contributed by atoms with E-state index in [0.717, 1.165) is 18.5 Å². The number of rotatable bonds is 6. The normalized spacial score (nSPS) is 10.6. The lowest BCUT2D eigenvalue weighted by atomic mass is 10.1. The van der Waals surface area contributed by atoms with E-state index in [4.69, 9.17) is 5.11 Å². The van der Waals surface area contributed by atoms with E-state index in [-0.39, 0.29) is 5.56 Å². The van der Waals surface area contributed by atoms with Gasteiger partial charge in [0.1, 0.15) is 0 Å². The van der Waals surface area contributed by atoms with Gasteiger partial charge in [0.2, 0.25) is 0 Å². The minimum absolute atomic E-state index is 0.267. The number of nitrogens with one attached hydrogen (secondary N) is 1. The van der Waals surface area contributed by atoms with Crippen molar-refractivity contribution in [1.82, 2.24) is 0 Å². The summed E-state index contributed by atoms with van der Waals surface area (Å²) in [7, 11) is 0. The molecule has 0 atom stereocenters. The number of carbonyl (C=O) groups is 1. The quantitative estimate of drug-likeness (QED) is 0.623. The number of aryl methyl sites for hydroxylation is 1. The Morgan fingerprint density at radius 3 is 2.45 bits per heavy atom. The Hall–Kier alpha value is -2.62. The lowest BCUT2D eigenvalue weighted by Gasteiger charge is -2.00. The summed E-state index contributed by atoms with van der Waals surface area (Å²) in [5.74, 6) is -0.928. The standard InChI is InChI=1S/C16H16N2O2/c19-16(20)14-8-10-15(11-9-14)18-17-12-4-7-13-5-2-1-3-6-13/h1-3,5-6,8-12,18H,4,7H2,(H,19,20). The monoisotopic (exact) mass is 268 g/mol. The number of hydrogen-bond donors (Lipinski definition) is 2. The second-order valence-electron chi connectivity index (χ2n) is 4.33. The molecule has 0 radical (unpaired) electrons. The summed E-state index contributed by atoms with van der Waals surface area (Å²) in [6.45, 7) is 0. The Balaban J connectivity index is 1.77. The van der Waals surface area contributed by atoms with Gasteiger partial charge in [-0.3, -0.25) is 5.43 Å². The van der Waals surface area contributed by atoms with Crippen LogP contribution in [0.2, 0.25) is 0 Å². The molecule has 0 saturated heterocycles. The summed E-state index contributed by atoms with van der Waals surface area (Å²) in [6, 6.07) is 16.7. The van der Waals surface area contributed by atoms with Crippen LogP contribution in [0.15, 0.2) is 59.7 Å². The van der Waals surface area contributed by atoms with E-state index >= 15 is 0 Å². The fourth-order valence-corrected chi connectivity index (χ4v) is 1.75. The lowest BCUT2D eigenvalue weighted by molar-refractivity contribution is 0.0697. The van der Waals surface area contributed by atoms with Crippen molar-refractivity contribution in [3.8, 4) is 0 Å². The summed E-state index contributed by atoms with van der Waals surface area (Å²) in [5, 5.41) is 12.9. The van der Waals surface area contributed by atoms with E-state index in [1.165, 1.54) is 5.56 Å². The van der Waals surface area contributed by atoms with Crippen LogP contribution >= 0.6 is 0 Å². The molecule has 0 heterocycles. The molecule has 0 aliphatic rings. The highest BCUT2D eigenvalue weighted by Gasteiger charge is 2.00. The van der Waals surface area contributed by atoms with Crippen LogP contribution in [-0.4, -0.2) is 17.3 Å². The van der Waals surface area contributed by atoms with E-state index in [9.17, 15) is 4.79 Å². The first kappa shape index (κ1) is 13.8. The molecule has 0 unspecified atom stereocenters. The molecular formula is C16H16N2O2. The first-order chi connectivity index (χ1) is 9.75. The molecule has 2 rings (SSSR count). The van der Waals surface area contributed by atoms with Gasteiger partial charge in [0.25, 0.3) is 0 Å². The number of aromatic carboxylic acids is 1. The molecule has 0 aliphatic carbocycles. The highest BCUT2D eigenvalue weighted by atomic mass is 16.4. The number of benzene rings is 2. The maximum absolute atomic E-state index is 10.7. The molecule has 0 fully saturated rings. The van der Waals surface area contributed by atoms with Gasteiger partial charge in [-0.2, -0.15) is 5.10 Å². The van der Waals surface area contributed by atoms with E-state index in [1.807, 2.05) is 24.4 Å². The molecule has 2 aromatic rings. The molecule has 4 nitrogen and oxygen atoms in total. The van der Waals surface area contributed by atoms with Gasteiger partial charge in [-0.25, -0.2) is 4.79 Å². The first-order valence-electron chi connectivity index (χ1n) is 6.40. The Morgan fingerprint density at radius 1 is 1.10 bits per heavy atom. The molecule has 4 heteroatoms. The van der Waals surface area contributed by atoms with Crippen molar-refractivity contribution in [2.24, 2.45) is 5.10 Å². The molecule has 2 aromatic carbocycles. The zero-order valence-electron chi connectivity index (χ0n) is 11.0. The van der Waals surface area contributed by atoms with Crippen LogP contribution in [0.4, 0.5) is 5.69 Å². The predicted octanol–water partition coefficient (Wildman–Crippen LogP) is 3.42. The van der Waals surface area contributed by atoms with Crippen molar-refractivity contribution in [2.75, 3.05) is 5.43 Å². The number of nitrogens with zero attached hydrogens (tertiary/aromatic N) is 1. The van der Waals surface area contributed by atoms with Gasteiger partial charge in [0, 0.05) is 6.21 Å². The first-order valence-corrected chi connectivity index (χ1v) is 6.40. The van der Waals surface area contributed by atoms with Crippen LogP contribution in [0.5, 0.6) is 0 Å². The summed E-state index contributed by atoms with van der Waals surface area (Å²) in [4.78, 5) is 10.7. The van der Waals surface area contributed by atoms with Gasteiger partial charge in [-0.1, -0.05) is 30.3 Å². The zero-order valence-corrected chi connectivity index (χ0v) is 11.0. The van der Waals surface area contributed by atoms with Crippen molar-refractivity contribution in [3.05, 3.63) is 65.7 Å². The minimum atomic E-state index is -0.928. The Morgan fingerprint density at radius 2 is 1.80 bits per heavy atom. The highest BCUT2D eigenvalue weighted by Crippen LogP contribution is 2.09. The minimum Gasteiger partial charge on any atom is -0.478 e. The van der Waals surface area contributed by atoms with Gasteiger partial charge in [0.05, 0.1) is 11.3 Å². The van der Waals surface area contributed by atoms with Gasteiger partial charge in [0.15, 0.2) is 0 Å². The van der Waals surface area contributed by atoms with Crippen LogP contribution in [-0.2, 0) is 6.42 Å². The van der Waals surface area contributed by atoms with E-state index in [1.54, 1.807) is 24.3 Å². The number of carboxylic acids is 1. The largest absolute Gasteiger partial charge is 0.478 e. The number of hydrazone groups is 1. The number of anilines is 1. The van der Waals surface area contributed by atoms with Gasteiger partial charge in [-0.05, 0) is 42.7 Å². The Kier molecular flexibility index (Phi) is 4.89. The average molecular weight is 268 g/mol. The lowest BCUT2D eigenvalue weighted by Crippen LogP contribution is -1.96. The van der Waals surface area contributed by atoms with E-state index in [2.05, 4.69) is 22.7 Å². The van der Waals surface area contributed by atoms with Crippen molar-refractivity contribution >= 4 is 17.9 Å². The van der Waals surface area contributed by atoms with Gasteiger partial charge < -0.3 is 5.11 Å². The van der Waals surface area contributed by atoms with Gasteiger partial charge in [-0.15, -0.1) is 0 Å². The average Bonchev–Trinajstić information content (AvgIpc) is 2.48. The summed E-state index contributed by atoms with van der Waals surface area (Å²) in [5.41, 5.74) is 5.19. The molecule has 2 N–H and O–H groups in total. The van der Waals surface area contributed by atoms with E-state index in [0.29, 0.717) is 0 Å². The number of hydrogen-bond acceptors (Lipinski definition) is 3. The molecule has 0 spiro atoms. The van der Waals surface area contributed by atoms with Crippen molar-refractivity contribution < 1.29 is 9.90 Å². The van der Waals surface area contributed by atoms with Crippen molar-refractivity contribution in [2.45, 2.75) is 12.8 Å². The Labute approximate surface area is 117 Å².